The highest BCUT2D eigenvalue weighted by molar-refractivity contribution is 14.0. The Morgan fingerprint density at radius 1 is 1.11 bits per heavy atom. The third-order valence-electron chi connectivity index (χ3n) is 5.51. The molecular formula is C20H26FIN6. The van der Waals surface area contributed by atoms with Crippen LogP contribution in [0.3, 0.4) is 0 Å². The van der Waals surface area contributed by atoms with Crippen molar-refractivity contribution < 1.29 is 4.39 Å². The van der Waals surface area contributed by atoms with E-state index in [1.807, 2.05) is 18.2 Å². The number of hydrogen-bond donors (Lipinski definition) is 1. The highest BCUT2D eigenvalue weighted by Crippen LogP contribution is 2.48. The van der Waals surface area contributed by atoms with Gasteiger partial charge in [0, 0.05) is 57.6 Å². The molecule has 150 valence electrons. The molecule has 0 radical (unpaired) electrons. The van der Waals surface area contributed by atoms with Gasteiger partial charge in [0.25, 0.3) is 0 Å². The minimum Gasteiger partial charge on any atom is -0.355 e. The van der Waals surface area contributed by atoms with Gasteiger partial charge in [-0.15, -0.1) is 24.0 Å². The monoisotopic (exact) mass is 496 g/mol. The van der Waals surface area contributed by atoms with Gasteiger partial charge >= 0.3 is 0 Å². The summed E-state index contributed by atoms with van der Waals surface area (Å²) in [4.78, 5) is 17.5. The number of halogens is 2. The molecule has 0 unspecified atom stereocenters. The molecule has 1 aliphatic heterocycles. The Hall–Kier alpha value is -1.97. The molecule has 2 fully saturated rings. The van der Waals surface area contributed by atoms with Crippen molar-refractivity contribution in [3.63, 3.8) is 0 Å². The maximum Gasteiger partial charge on any atom is 0.225 e. The predicted molar refractivity (Wildman–Crippen MR) is 120 cm³/mol. The number of benzene rings is 1. The third-order valence-corrected chi connectivity index (χ3v) is 5.51. The van der Waals surface area contributed by atoms with Gasteiger partial charge in [0.05, 0.1) is 0 Å². The number of rotatable bonds is 4. The van der Waals surface area contributed by atoms with Crippen LogP contribution in [0, 0.1) is 5.82 Å². The minimum atomic E-state index is -0.108. The van der Waals surface area contributed by atoms with Gasteiger partial charge in [0.1, 0.15) is 5.82 Å². The molecule has 2 aliphatic rings. The van der Waals surface area contributed by atoms with E-state index in [1.54, 1.807) is 31.6 Å². The summed E-state index contributed by atoms with van der Waals surface area (Å²) in [5, 5.41) is 3.48. The maximum atomic E-state index is 14.2. The second-order valence-corrected chi connectivity index (χ2v) is 7.18. The molecule has 0 amide bonds. The molecule has 2 heterocycles. The normalized spacial score (nSPS) is 18.4. The SMILES string of the molecule is CN=C(NCC1(c2ccccc2F)CC1)N1CCN(c2ncccn2)CC1.I. The van der Waals surface area contributed by atoms with Crippen LogP contribution in [0.25, 0.3) is 0 Å². The van der Waals surface area contributed by atoms with E-state index >= 15 is 0 Å². The average molecular weight is 496 g/mol. The second kappa shape index (κ2) is 9.02. The van der Waals surface area contributed by atoms with Crippen molar-refractivity contribution in [3.05, 3.63) is 54.1 Å². The molecule has 28 heavy (non-hydrogen) atoms. The van der Waals surface area contributed by atoms with E-state index in [9.17, 15) is 4.39 Å². The first kappa shape index (κ1) is 20.8. The zero-order valence-electron chi connectivity index (χ0n) is 16.0. The second-order valence-electron chi connectivity index (χ2n) is 7.18. The zero-order valence-corrected chi connectivity index (χ0v) is 18.3. The number of guanidine groups is 1. The van der Waals surface area contributed by atoms with Crippen LogP contribution in [0.1, 0.15) is 18.4 Å². The molecule has 4 rings (SSSR count). The number of aromatic nitrogens is 2. The summed E-state index contributed by atoms with van der Waals surface area (Å²) >= 11 is 0. The highest BCUT2D eigenvalue weighted by atomic mass is 127. The average Bonchev–Trinajstić information content (AvgIpc) is 3.51. The Kier molecular flexibility index (Phi) is 6.69. The number of nitrogens with zero attached hydrogens (tertiary/aromatic N) is 5. The molecule has 1 N–H and O–H groups in total. The Bertz CT molecular complexity index is 803. The Balaban J connectivity index is 0.00000225. The van der Waals surface area contributed by atoms with Crippen molar-refractivity contribution in [2.24, 2.45) is 4.99 Å². The molecule has 1 aromatic heterocycles. The van der Waals surface area contributed by atoms with Gasteiger partial charge in [-0.3, -0.25) is 4.99 Å². The highest BCUT2D eigenvalue weighted by Gasteiger charge is 2.46. The van der Waals surface area contributed by atoms with Crippen LogP contribution >= 0.6 is 24.0 Å². The largest absolute Gasteiger partial charge is 0.355 e. The third kappa shape index (κ3) is 4.37. The Morgan fingerprint density at radius 2 is 1.79 bits per heavy atom. The quantitative estimate of drug-likeness (QED) is 0.401. The number of anilines is 1. The fraction of sp³-hybridized carbons (Fsp3) is 0.450. The van der Waals surface area contributed by atoms with Crippen molar-refractivity contribution in [2.45, 2.75) is 18.3 Å². The van der Waals surface area contributed by atoms with Gasteiger partial charge in [-0.05, 0) is 30.5 Å². The van der Waals surface area contributed by atoms with Gasteiger partial charge < -0.3 is 15.1 Å². The first-order chi connectivity index (χ1) is 13.2. The van der Waals surface area contributed by atoms with Crippen LogP contribution in [0.4, 0.5) is 10.3 Å². The molecule has 0 atom stereocenters. The molecule has 1 saturated heterocycles. The Morgan fingerprint density at radius 3 is 2.39 bits per heavy atom. The maximum absolute atomic E-state index is 14.2. The van der Waals surface area contributed by atoms with Crippen molar-refractivity contribution >= 4 is 35.9 Å². The van der Waals surface area contributed by atoms with Crippen LogP contribution in [-0.2, 0) is 5.41 Å². The lowest BCUT2D eigenvalue weighted by Gasteiger charge is -2.36. The van der Waals surface area contributed by atoms with Crippen LogP contribution in [-0.4, -0.2) is 60.6 Å². The lowest BCUT2D eigenvalue weighted by molar-refractivity contribution is 0.368. The first-order valence-electron chi connectivity index (χ1n) is 9.44. The van der Waals surface area contributed by atoms with Crippen LogP contribution in [0.5, 0.6) is 0 Å². The van der Waals surface area contributed by atoms with Crippen molar-refractivity contribution in [3.8, 4) is 0 Å². The molecular weight excluding hydrogens is 470 g/mol. The minimum absolute atomic E-state index is 0. The van der Waals surface area contributed by atoms with Crippen molar-refractivity contribution in [1.29, 1.82) is 0 Å². The summed E-state index contributed by atoms with van der Waals surface area (Å²) in [6.07, 6.45) is 5.56. The summed E-state index contributed by atoms with van der Waals surface area (Å²) in [6, 6.07) is 8.95. The van der Waals surface area contributed by atoms with Gasteiger partial charge in [-0.1, -0.05) is 18.2 Å². The molecule has 2 aromatic rings. The first-order valence-corrected chi connectivity index (χ1v) is 9.44. The van der Waals surface area contributed by atoms with Crippen LogP contribution < -0.4 is 10.2 Å². The summed E-state index contributed by atoms with van der Waals surface area (Å²) in [5.41, 5.74) is 0.722. The fourth-order valence-electron chi connectivity index (χ4n) is 3.74. The van der Waals surface area contributed by atoms with Gasteiger partial charge in [-0.2, -0.15) is 0 Å². The molecule has 6 nitrogen and oxygen atoms in total. The molecule has 1 aromatic carbocycles. The molecule has 8 heteroatoms. The van der Waals surface area contributed by atoms with E-state index < -0.39 is 0 Å². The molecule has 1 saturated carbocycles. The number of nitrogens with one attached hydrogen (secondary N) is 1. The predicted octanol–water partition coefficient (Wildman–Crippen LogP) is 2.66. The lowest BCUT2D eigenvalue weighted by Crippen LogP contribution is -2.53. The summed E-state index contributed by atoms with van der Waals surface area (Å²) in [6.45, 7) is 4.12. The summed E-state index contributed by atoms with van der Waals surface area (Å²) in [5.74, 6) is 1.55. The van der Waals surface area contributed by atoms with E-state index in [4.69, 9.17) is 0 Å². The standard InChI is InChI=1S/C20H25FN6.HI/c1-22-18(25-15-20(7-8-20)16-5-2-3-6-17(16)21)26-11-13-27(14-12-26)19-23-9-4-10-24-19;/h2-6,9-10H,7-8,11-15H2,1H3,(H,22,25);1H. The van der Waals surface area contributed by atoms with E-state index in [0.29, 0.717) is 6.54 Å². The Labute approximate surface area is 182 Å². The summed E-state index contributed by atoms with van der Waals surface area (Å²) < 4.78 is 14.2. The van der Waals surface area contributed by atoms with E-state index in [2.05, 4.69) is 30.1 Å². The van der Waals surface area contributed by atoms with Crippen molar-refractivity contribution in [1.82, 2.24) is 20.2 Å². The van der Waals surface area contributed by atoms with Gasteiger partial charge in [0.15, 0.2) is 5.96 Å². The molecule has 1 aliphatic carbocycles. The molecule has 0 spiro atoms. The van der Waals surface area contributed by atoms with Gasteiger partial charge in [-0.25, -0.2) is 14.4 Å². The van der Waals surface area contributed by atoms with E-state index in [1.165, 1.54) is 0 Å². The number of piperazine rings is 1. The topological polar surface area (TPSA) is 56.7 Å². The smallest absolute Gasteiger partial charge is 0.225 e. The fourth-order valence-corrected chi connectivity index (χ4v) is 3.74. The summed E-state index contributed by atoms with van der Waals surface area (Å²) in [7, 11) is 1.80. The zero-order chi connectivity index (χ0) is 18.7. The van der Waals surface area contributed by atoms with Gasteiger partial charge in [0.2, 0.25) is 5.95 Å². The number of hydrogen-bond acceptors (Lipinski definition) is 4. The van der Waals surface area contributed by atoms with Crippen molar-refractivity contribution in [2.75, 3.05) is 44.7 Å². The lowest BCUT2D eigenvalue weighted by atomic mass is 9.95. The molecule has 0 bridgehead atoms. The van der Waals surface area contributed by atoms with E-state index in [0.717, 1.165) is 56.5 Å². The van der Waals surface area contributed by atoms with E-state index in [-0.39, 0.29) is 35.2 Å². The van der Waals surface area contributed by atoms with Crippen LogP contribution in [0.15, 0.2) is 47.7 Å². The van der Waals surface area contributed by atoms with Crippen LogP contribution in [0.2, 0.25) is 0 Å². The number of aliphatic imine (C=N–C) groups is 1.